The summed E-state index contributed by atoms with van der Waals surface area (Å²) in [5.41, 5.74) is 2.75. The Balaban J connectivity index is 1.37. The minimum absolute atomic E-state index is 0.0654. The van der Waals surface area contributed by atoms with Crippen LogP contribution in [0.15, 0.2) is 79.1 Å². The molecule has 0 fully saturated rings. The molecule has 0 atom stereocenters. The summed E-state index contributed by atoms with van der Waals surface area (Å²) in [4.78, 5) is 23.7. The third-order valence-electron chi connectivity index (χ3n) is 4.00. The lowest BCUT2D eigenvalue weighted by Gasteiger charge is -2.05. The number of amides is 2. The summed E-state index contributed by atoms with van der Waals surface area (Å²) in [5.74, 6) is -0.283. The van der Waals surface area contributed by atoms with Crippen LogP contribution in [0.2, 0.25) is 0 Å². The van der Waals surface area contributed by atoms with Gasteiger partial charge in [-0.05, 0) is 23.8 Å². The van der Waals surface area contributed by atoms with Crippen molar-refractivity contribution in [2.75, 3.05) is 13.1 Å². The fourth-order valence-electron chi connectivity index (χ4n) is 2.61. The Kier molecular flexibility index (Phi) is 6.73. The molecule has 0 aliphatic rings. The zero-order valence-electron chi connectivity index (χ0n) is 15.4. The van der Waals surface area contributed by atoms with Gasteiger partial charge in [0.05, 0.1) is 18.3 Å². The Hall–Kier alpha value is -3.67. The molecule has 0 saturated heterocycles. The van der Waals surface area contributed by atoms with E-state index in [0.717, 1.165) is 16.8 Å². The average molecular weight is 374 g/mol. The van der Waals surface area contributed by atoms with Crippen molar-refractivity contribution >= 4 is 17.9 Å². The highest BCUT2D eigenvalue weighted by molar-refractivity contribution is 5.91. The first kappa shape index (κ1) is 19.1. The number of carbonyl (C=O) groups excluding carboxylic acids is 2. The van der Waals surface area contributed by atoms with Crippen molar-refractivity contribution in [3.63, 3.8) is 0 Å². The van der Waals surface area contributed by atoms with Crippen LogP contribution < -0.4 is 10.6 Å². The van der Waals surface area contributed by atoms with Gasteiger partial charge in [0.15, 0.2) is 0 Å². The number of rotatable bonds is 8. The second-order valence-corrected chi connectivity index (χ2v) is 6.19. The van der Waals surface area contributed by atoms with E-state index in [1.54, 1.807) is 17.0 Å². The molecule has 0 saturated carbocycles. The Morgan fingerprint density at radius 3 is 2.36 bits per heavy atom. The highest BCUT2D eigenvalue weighted by atomic mass is 16.2. The van der Waals surface area contributed by atoms with Gasteiger partial charge in [-0.3, -0.25) is 9.59 Å². The molecule has 2 aromatic carbocycles. The van der Waals surface area contributed by atoms with Crippen LogP contribution in [-0.2, 0) is 16.0 Å². The third-order valence-corrected chi connectivity index (χ3v) is 4.00. The van der Waals surface area contributed by atoms with E-state index < -0.39 is 0 Å². The van der Waals surface area contributed by atoms with E-state index in [9.17, 15) is 9.59 Å². The zero-order chi connectivity index (χ0) is 19.6. The number of hydrogen-bond donors (Lipinski definition) is 2. The summed E-state index contributed by atoms with van der Waals surface area (Å²) in [6.07, 6.45) is 7.04. The third kappa shape index (κ3) is 5.95. The molecular formula is C22H22N4O2. The summed E-state index contributed by atoms with van der Waals surface area (Å²) in [6, 6.07) is 19.3. The molecule has 3 aromatic rings. The molecular weight excluding hydrogens is 352 g/mol. The molecule has 6 nitrogen and oxygen atoms in total. The van der Waals surface area contributed by atoms with Gasteiger partial charge in [-0.1, -0.05) is 48.5 Å². The number of nitrogens with zero attached hydrogens (tertiary/aromatic N) is 2. The fourth-order valence-corrected chi connectivity index (χ4v) is 2.61. The summed E-state index contributed by atoms with van der Waals surface area (Å²) >= 11 is 0. The van der Waals surface area contributed by atoms with Crippen molar-refractivity contribution in [3.05, 3.63) is 90.3 Å². The highest BCUT2D eigenvalue weighted by Crippen LogP contribution is 2.08. The van der Waals surface area contributed by atoms with E-state index in [4.69, 9.17) is 0 Å². The molecule has 3 rings (SSSR count). The van der Waals surface area contributed by atoms with Gasteiger partial charge in [-0.2, -0.15) is 5.10 Å². The second kappa shape index (κ2) is 9.87. The first-order chi connectivity index (χ1) is 13.7. The van der Waals surface area contributed by atoms with Crippen LogP contribution >= 0.6 is 0 Å². The molecule has 0 bridgehead atoms. The SMILES string of the molecule is O=C(/C=C/c1cnn(-c2ccccc2)c1)NCCNC(=O)Cc1ccccc1. The van der Waals surface area contributed by atoms with Crippen LogP contribution in [0.1, 0.15) is 11.1 Å². The Labute approximate surface area is 163 Å². The summed E-state index contributed by atoms with van der Waals surface area (Å²) in [7, 11) is 0. The van der Waals surface area contributed by atoms with Crippen LogP contribution in [-0.4, -0.2) is 34.7 Å². The number of para-hydroxylation sites is 1. The average Bonchev–Trinajstić information content (AvgIpc) is 3.20. The van der Waals surface area contributed by atoms with Gasteiger partial charge in [0.1, 0.15) is 0 Å². The van der Waals surface area contributed by atoms with Crippen molar-refractivity contribution in [2.45, 2.75) is 6.42 Å². The standard InChI is InChI=1S/C22H22N4O2/c27-21(23-13-14-24-22(28)15-18-7-3-1-4-8-18)12-11-19-16-25-26(17-19)20-9-5-2-6-10-20/h1-12,16-17H,13-15H2,(H,23,27)(H,24,28)/b12-11+. The minimum Gasteiger partial charge on any atom is -0.354 e. The lowest BCUT2D eigenvalue weighted by molar-refractivity contribution is -0.121. The van der Waals surface area contributed by atoms with Gasteiger partial charge >= 0.3 is 0 Å². The summed E-state index contributed by atoms with van der Waals surface area (Å²) < 4.78 is 1.75. The van der Waals surface area contributed by atoms with Crippen LogP contribution in [0.25, 0.3) is 11.8 Å². The van der Waals surface area contributed by atoms with E-state index in [2.05, 4.69) is 15.7 Å². The van der Waals surface area contributed by atoms with E-state index >= 15 is 0 Å². The molecule has 0 aliphatic carbocycles. The molecule has 28 heavy (non-hydrogen) atoms. The smallest absolute Gasteiger partial charge is 0.244 e. The van der Waals surface area contributed by atoms with Crippen molar-refractivity contribution < 1.29 is 9.59 Å². The molecule has 2 N–H and O–H groups in total. The Morgan fingerprint density at radius 1 is 0.929 bits per heavy atom. The lowest BCUT2D eigenvalue weighted by Crippen LogP contribution is -2.34. The van der Waals surface area contributed by atoms with Crippen molar-refractivity contribution in [3.8, 4) is 5.69 Å². The number of benzene rings is 2. The maximum absolute atomic E-state index is 11.9. The molecule has 142 valence electrons. The van der Waals surface area contributed by atoms with Crippen molar-refractivity contribution in [1.82, 2.24) is 20.4 Å². The number of hydrogen-bond acceptors (Lipinski definition) is 3. The summed E-state index contributed by atoms with van der Waals surface area (Å²) in [6.45, 7) is 0.754. The number of aromatic nitrogens is 2. The van der Waals surface area contributed by atoms with Crippen LogP contribution in [0, 0.1) is 0 Å². The van der Waals surface area contributed by atoms with Gasteiger partial charge in [0.2, 0.25) is 11.8 Å². The van der Waals surface area contributed by atoms with E-state index in [1.165, 1.54) is 6.08 Å². The number of carbonyl (C=O) groups is 2. The zero-order valence-corrected chi connectivity index (χ0v) is 15.4. The van der Waals surface area contributed by atoms with Crippen LogP contribution in [0.3, 0.4) is 0 Å². The first-order valence-corrected chi connectivity index (χ1v) is 9.07. The largest absolute Gasteiger partial charge is 0.354 e. The van der Waals surface area contributed by atoms with Crippen LogP contribution in [0.4, 0.5) is 0 Å². The maximum Gasteiger partial charge on any atom is 0.244 e. The molecule has 0 spiro atoms. The molecule has 0 aliphatic heterocycles. The molecule has 2 amide bonds. The van der Waals surface area contributed by atoms with E-state index in [0.29, 0.717) is 19.5 Å². The van der Waals surface area contributed by atoms with Crippen LogP contribution in [0.5, 0.6) is 0 Å². The quantitative estimate of drug-likeness (QED) is 0.469. The van der Waals surface area contributed by atoms with Gasteiger partial charge in [0.25, 0.3) is 0 Å². The topological polar surface area (TPSA) is 76.0 Å². The van der Waals surface area contributed by atoms with Crippen molar-refractivity contribution in [2.24, 2.45) is 0 Å². The molecule has 0 unspecified atom stereocenters. The van der Waals surface area contributed by atoms with Gasteiger partial charge in [-0.15, -0.1) is 0 Å². The van der Waals surface area contributed by atoms with E-state index in [-0.39, 0.29) is 11.8 Å². The van der Waals surface area contributed by atoms with Gasteiger partial charge < -0.3 is 10.6 Å². The predicted octanol–water partition coefficient (Wildman–Crippen LogP) is 2.36. The van der Waals surface area contributed by atoms with Gasteiger partial charge in [-0.25, -0.2) is 4.68 Å². The maximum atomic E-state index is 11.9. The molecule has 6 heteroatoms. The molecule has 1 heterocycles. The Morgan fingerprint density at radius 2 is 1.61 bits per heavy atom. The van der Waals surface area contributed by atoms with Gasteiger partial charge in [0, 0.05) is 30.9 Å². The lowest BCUT2D eigenvalue weighted by atomic mass is 10.1. The summed E-state index contributed by atoms with van der Waals surface area (Å²) in [5, 5.41) is 9.81. The number of nitrogens with one attached hydrogen (secondary N) is 2. The highest BCUT2D eigenvalue weighted by Gasteiger charge is 2.03. The van der Waals surface area contributed by atoms with Crippen molar-refractivity contribution in [1.29, 1.82) is 0 Å². The molecule has 0 radical (unpaired) electrons. The Bertz CT molecular complexity index is 933. The molecule has 1 aromatic heterocycles. The first-order valence-electron chi connectivity index (χ1n) is 9.07. The second-order valence-electron chi connectivity index (χ2n) is 6.19. The monoisotopic (exact) mass is 374 g/mol. The fraction of sp³-hybridized carbons (Fsp3) is 0.136. The van der Waals surface area contributed by atoms with E-state index in [1.807, 2.05) is 66.9 Å². The predicted molar refractivity (Wildman–Crippen MR) is 109 cm³/mol. The normalized spacial score (nSPS) is 10.7. The minimum atomic E-state index is -0.218.